The number of carbonyl (C=O) groups excluding carboxylic acids is 1. The second kappa shape index (κ2) is 4.45. The van der Waals surface area contributed by atoms with Crippen LogP contribution in [0.5, 0.6) is 5.88 Å². The molecule has 0 saturated carbocycles. The number of primary amides is 1. The average molecular weight is 179 g/mol. The van der Waals surface area contributed by atoms with Gasteiger partial charge in [0, 0.05) is 24.6 Å². The Labute approximate surface area is 76.7 Å². The fourth-order valence-electron chi connectivity index (χ4n) is 0.863. The van der Waals surface area contributed by atoms with Gasteiger partial charge in [-0.1, -0.05) is 6.07 Å². The Bertz CT molecular complexity index is 299. The van der Waals surface area contributed by atoms with Gasteiger partial charge in [-0.05, 0) is 6.07 Å². The van der Waals surface area contributed by atoms with Crippen LogP contribution in [0.1, 0.15) is 12.1 Å². The predicted octanol–water partition coefficient (Wildman–Crippen LogP) is 0.518. The number of nitrogens with two attached hydrogens (primary N) is 1. The minimum absolute atomic E-state index is 0.195. The van der Waals surface area contributed by atoms with Crippen LogP contribution in [0.3, 0.4) is 0 Å². The van der Waals surface area contributed by atoms with Gasteiger partial charge in [0.2, 0.25) is 11.8 Å². The van der Waals surface area contributed by atoms with E-state index in [4.69, 9.17) is 10.5 Å². The molecule has 0 spiro atoms. The summed E-state index contributed by atoms with van der Waals surface area (Å²) in [5.41, 5.74) is 5.67. The lowest BCUT2D eigenvalue weighted by Gasteiger charge is -2.00. The largest absolute Gasteiger partial charge is 0.481 e. The van der Waals surface area contributed by atoms with Crippen molar-refractivity contribution < 1.29 is 9.53 Å². The van der Waals surface area contributed by atoms with Crippen molar-refractivity contribution in [3.63, 3.8) is 0 Å². The number of carbonyl (C=O) groups is 1. The molecule has 0 aliphatic rings. The molecule has 13 heavy (non-hydrogen) atoms. The summed E-state index contributed by atoms with van der Waals surface area (Å²) in [6.45, 7) is 0. The van der Waals surface area contributed by atoms with Crippen molar-refractivity contribution in [2.24, 2.45) is 5.73 Å². The second-order valence-electron chi connectivity index (χ2n) is 2.48. The van der Waals surface area contributed by atoms with Crippen molar-refractivity contribution in [2.75, 3.05) is 7.11 Å². The van der Waals surface area contributed by atoms with Crippen LogP contribution in [-0.2, 0) is 4.79 Å². The Hall–Kier alpha value is -1.58. The van der Waals surface area contributed by atoms with E-state index in [1.54, 1.807) is 31.7 Å². The third-order valence-corrected chi connectivity index (χ3v) is 1.47. The third kappa shape index (κ3) is 3.11. The molecule has 1 heterocycles. The van der Waals surface area contributed by atoms with E-state index in [1.165, 1.54) is 0 Å². The van der Waals surface area contributed by atoms with Crippen molar-refractivity contribution in [3.8, 4) is 5.88 Å². The lowest BCUT2D eigenvalue weighted by molar-refractivity contribution is -0.117. The maximum atomic E-state index is 10.5. The predicted molar refractivity (Wildman–Crippen MR) is 48.0 cm³/mol. The van der Waals surface area contributed by atoms with Crippen molar-refractivity contribution in [1.82, 2.24) is 4.98 Å². The van der Waals surface area contributed by atoms with E-state index >= 15 is 0 Å². The molecule has 0 aliphatic carbocycles. The van der Waals surface area contributed by atoms with Crippen molar-refractivity contribution in [2.45, 2.75) is 6.42 Å². The first kappa shape index (κ1) is 9.51. The van der Waals surface area contributed by atoms with Gasteiger partial charge in [0.1, 0.15) is 0 Å². The summed E-state index contributed by atoms with van der Waals surface area (Å²) in [5, 5.41) is 0. The summed E-state index contributed by atoms with van der Waals surface area (Å²) < 4.78 is 4.91. The quantitative estimate of drug-likeness (QED) is 0.732. The molecule has 0 unspecified atom stereocenters. The molecule has 0 aromatic carbocycles. The normalized spacial score (nSPS) is 9.62. The minimum Gasteiger partial charge on any atom is -0.481 e. The lowest BCUT2D eigenvalue weighted by Crippen LogP contribution is -2.10. The van der Waals surface area contributed by atoms with Crippen molar-refractivity contribution >= 4 is 5.91 Å². The van der Waals surface area contributed by atoms with Gasteiger partial charge < -0.3 is 10.5 Å². The number of methoxy groups -OCH3 is 1. The number of amides is 1. The van der Waals surface area contributed by atoms with E-state index < -0.39 is 0 Å². The molecule has 1 radical (unpaired) electrons. The van der Waals surface area contributed by atoms with E-state index in [0.29, 0.717) is 11.6 Å². The van der Waals surface area contributed by atoms with E-state index in [1.807, 2.05) is 0 Å². The summed E-state index contributed by atoms with van der Waals surface area (Å²) >= 11 is 0. The SMILES string of the molecule is COc1cccc([CH]CC(N)=O)n1. The van der Waals surface area contributed by atoms with Gasteiger partial charge in [-0.2, -0.15) is 0 Å². The van der Waals surface area contributed by atoms with E-state index in [2.05, 4.69) is 4.98 Å². The molecule has 1 rings (SSSR count). The van der Waals surface area contributed by atoms with Crippen LogP contribution in [-0.4, -0.2) is 18.0 Å². The Morgan fingerprint density at radius 3 is 3.08 bits per heavy atom. The summed E-state index contributed by atoms with van der Waals surface area (Å²) in [7, 11) is 1.54. The zero-order chi connectivity index (χ0) is 9.68. The Morgan fingerprint density at radius 2 is 2.46 bits per heavy atom. The average Bonchev–Trinajstić information content (AvgIpc) is 2.15. The van der Waals surface area contributed by atoms with Crippen LogP contribution in [0, 0.1) is 6.42 Å². The van der Waals surface area contributed by atoms with Gasteiger partial charge in [0.15, 0.2) is 0 Å². The number of pyridine rings is 1. The number of nitrogens with zero attached hydrogens (tertiary/aromatic N) is 1. The zero-order valence-electron chi connectivity index (χ0n) is 7.36. The van der Waals surface area contributed by atoms with Crippen LogP contribution in [0.15, 0.2) is 18.2 Å². The number of hydrogen-bond acceptors (Lipinski definition) is 3. The number of ether oxygens (including phenoxy) is 1. The molecule has 0 bridgehead atoms. The molecule has 2 N–H and O–H groups in total. The first-order chi connectivity index (χ1) is 6.22. The van der Waals surface area contributed by atoms with Gasteiger partial charge in [0.25, 0.3) is 0 Å². The second-order valence-corrected chi connectivity index (χ2v) is 2.48. The molecule has 4 heteroatoms. The monoisotopic (exact) mass is 179 g/mol. The van der Waals surface area contributed by atoms with Crippen LogP contribution in [0.25, 0.3) is 0 Å². The van der Waals surface area contributed by atoms with Crippen LogP contribution < -0.4 is 10.5 Å². The fourth-order valence-corrected chi connectivity index (χ4v) is 0.863. The van der Waals surface area contributed by atoms with Gasteiger partial charge in [0.05, 0.1) is 7.11 Å². The lowest BCUT2D eigenvalue weighted by atomic mass is 10.2. The van der Waals surface area contributed by atoms with Crippen molar-refractivity contribution in [1.29, 1.82) is 0 Å². The highest BCUT2D eigenvalue weighted by molar-refractivity contribution is 5.75. The highest BCUT2D eigenvalue weighted by atomic mass is 16.5. The summed E-state index contributed by atoms with van der Waals surface area (Å²) in [6.07, 6.45) is 1.85. The Morgan fingerprint density at radius 1 is 1.69 bits per heavy atom. The molecular formula is C9H11N2O2. The molecule has 0 atom stereocenters. The number of aromatic nitrogens is 1. The summed E-state index contributed by atoms with van der Waals surface area (Å²) in [4.78, 5) is 14.5. The Balaban J connectivity index is 2.61. The molecule has 1 aromatic rings. The van der Waals surface area contributed by atoms with Gasteiger partial charge in [-0.15, -0.1) is 0 Å². The maximum Gasteiger partial charge on any atom is 0.218 e. The van der Waals surface area contributed by atoms with E-state index in [9.17, 15) is 4.79 Å². The summed E-state index contributed by atoms with van der Waals surface area (Å²) in [6, 6.07) is 5.33. The molecule has 1 aromatic heterocycles. The van der Waals surface area contributed by atoms with E-state index in [0.717, 1.165) is 0 Å². The highest BCUT2D eigenvalue weighted by Crippen LogP contribution is 2.09. The third-order valence-electron chi connectivity index (χ3n) is 1.47. The smallest absolute Gasteiger partial charge is 0.218 e. The molecule has 0 aliphatic heterocycles. The van der Waals surface area contributed by atoms with Crippen LogP contribution >= 0.6 is 0 Å². The van der Waals surface area contributed by atoms with Gasteiger partial charge in [-0.3, -0.25) is 4.79 Å². The van der Waals surface area contributed by atoms with E-state index in [-0.39, 0.29) is 12.3 Å². The molecule has 0 fully saturated rings. The molecule has 0 saturated heterocycles. The minimum atomic E-state index is -0.371. The molecule has 1 amide bonds. The van der Waals surface area contributed by atoms with Gasteiger partial charge in [-0.25, -0.2) is 4.98 Å². The van der Waals surface area contributed by atoms with Crippen LogP contribution in [0.4, 0.5) is 0 Å². The Kier molecular flexibility index (Phi) is 3.25. The topological polar surface area (TPSA) is 65.2 Å². The first-order valence-corrected chi connectivity index (χ1v) is 3.85. The summed E-state index contributed by atoms with van der Waals surface area (Å²) in [5.74, 6) is 0.155. The molecule has 69 valence electrons. The van der Waals surface area contributed by atoms with Crippen molar-refractivity contribution in [3.05, 3.63) is 30.3 Å². The molecular weight excluding hydrogens is 168 g/mol. The van der Waals surface area contributed by atoms with Crippen LogP contribution in [0.2, 0.25) is 0 Å². The fraction of sp³-hybridized carbons (Fsp3) is 0.222. The number of rotatable bonds is 4. The maximum absolute atomic E-state index is 10.5. The van der Waals surface area contributed by atoms with Gasteiger partial charge >= 0.3 is 0 Å². The number of hydrogen-bond donors (Lipinski definition) is 1. The highest BCUT2D eigenvalue weighted by Gasteiger charge is 2.00. The molecule has 4 nitrogen and oxygen atoms in total. The zero-order valence-corrected chi connectivity index (χ0v) is 7.36. The standard InChI is InChI=1S/C9H11N2O2/c1-13-9-4-2-3-7(11-9)5-6-8(10)12/h2-5H,6H2,1H3,(H2,10,12). The first-order valence-electron chi connectivity index (χ1n) is 3.85.